The highest BCUT2D eigenvalue weighted by atomic mass is 15.5. The van der Waals surface area contributed by atoms with Gasteiger partial charge in [-0.15, -0.1) is 0 Å². The fourth-order valence-corrected chi connectivity index (χ4v) is 2.15. The molecular weight excluding hydrogens is 210 g/mol. The highest BCUT2D eigenvalue weighted by molar-refractivity contribution is 6.12. The molecule has 88 valence electrons. The summed E-state index contributed by atoms with van der Waals surface area (Å²) in [6, 6.07) is 10.5. The summed E-state index contributed by atoms with van der Waals surface area (Å²) < 4.78 is 0. The molecule has 17 heavy (non-hydrogen) atoms. The minimum absolute atomic E-state index is 0.259. The van der Waals surface area contributed by atoms with Gasteiger partial charge in [-0.05, 0) is 18.9 Å². The Balaban J connectivity index is 2.36. The second-order valence-corrected chi connectivity index (χ2v) is 4.34. The maximum absolute atomic E-state index is 9.16. The highest BCUT2D eigenvalue weighted by Gasteiger charge is 2.24. The van der Waals surface area contributed by atoms with Gasteiger partial charge >= 0.3 is 0 Å². The SMILES string of the molecule is CCCCN1N=C(C#N)c2ccccc2C1C. The molecule has 3 nitrogen and oxygen atoms in total. The van der Waals surface area contributed by atoms with Crippen LogP contribution in [0.1, 0.15) is 43.9 Å². The van der Waals surface area contributed by atoms with Gasteiger partial charge in [0.15, 0.2) is 5.71 Å². The number of nitrogens with zero attached hydrogens (tertiary/aromatic N) is 3. The zero-order chi connectivity index (χ0) is 12.3. The molecule has 1 aromatic rings. The first kappa shape index (κ1) is 11.7. The lowest BCUT2D eigenvalue weighted by molar-refractivity contribution is 0.213. The average molecular weight is 227 g/mol. The predicted octanol–water partition coefficient (Wildman–Crippen LogP) is 3.09. The van der Waals surface area contributed by atoms with E-state index >= 15 is 0 Å². The van der Waals surface area contributed by atoms with Crippen molar-refractivity contribution in [2.75, 3.05) is 6.54 Å². The Hall–Kier alpha value is -1.82. The van der Waals surface area contributed by atoms with Crippen LogP contribution in [0, 0.1) is 11.3 Å². The van der Waals surface area contributed by atoms with Crippen molar-refractivity contribution in [3.05, 3.63) is 35.4 Å². The second-order valence-electron chi connectivity index (χ2n) is 4.34. The van der Waals surface area contributed by atoms with E-state index in [-0.39, 0.29) is 6.04 Å². The summed E-state index contributed by atoms with van der Waals surface area (Å²) >= 11 is 0. The number of hydrogen-bond acceptors (Lipinski definition) is 3. The molecule has 3 heteroatoms. The van der Waals surface area contributed by atoms with Crippen molar-refractivity contribution in [1.29, 1.82) is 5.26 Å². The number of nitriles is 1. The number of benzene rings is 1. The van der Waals surface area contributed by atoms with Gasteiger partial charge < -0.3 is 0 Å². The molecule has 0 amide bonds. The first-order chi connectivity index (χ1) is 8.27. The van der Waals surface area contributed by atoms with E-state index in [2.05, 4.69) is 31.1 Å². The molecule has 0 aliphatic carbocycles. The largest absolute Gasteiger partial charge is 0.289 e. The van der Waals surface area contributed by atoms with Gasteiger partial charge in [-0.2, -0.15) is 10.4 Å². The standard InChI is InChI=1S/C14H17N3/c1-3-4-9-17-11(2)12-7-5-6-8-13(12)14(10-15)16-17/h5-8,11H,3-4,9H2,1-2H3. The fourth-order valence-electron chi connectivity index (χ4n) is 2.15. The zero-order valence-corrected chi connectivity index (χ0v) is 10.3. The van der Waals surface area contributed by atoms with Crippen LogP contribution in [0.3, 0.4) is 0 Å². The Kier molecular flexibility index (Phi) is 3.43. The van der Waals surface area contributed by atoms with Crippen molar-refractivity contribution in [2.45, 2.75) is 32.7 Å². The Morgan fingerprint density at radius 3 is 2.88 bits per heavy atom. The Morgan fingerprint density at radius 2 is 2.18 bits per heavy atom. The highest BCUT2D eigenvalue weighted by Crippen LogP contribution is 2.29. The van der Waals surface area contributed by atoms with E-state index in [1.54, 1.807) is 0 Å². The molecule has 0 fully saturated rings. The van der Waals surface area contributed by atoms with Crippen molar-refractivity contribution in [3.8, 4) is 6.07 Å². The number of unbranched alkanes of at least 4 members (excludes halogenated alkanes) is 1. The molecule has 0 saturated heterocycles. The predicted molar refractivity (Wildman–Crippen MR) is 68.6 cm³/mol. The molecular formula is C14H17N3. The van der Waals surface area contributed by atoms with Crippen LogP contribution in [0.15, 0.2) is 29.4 Å². The molecule has 0 spiro atoms. The van der Waals surface area contributed by atoms with E-state index in [9.17, 15) is 0 Å². The van der Waals surface area contributed by atoms with Crippen LogP contribution in [0.4, 0.5) is 0 Å². The molecule has 0 saturated carbocycles. The van der Waals surface area contributed by atoms with Crippen molar-refractivity contribution in [1.82, 2.24) is 5.01 Å². The number of hydrazone groups is 1. The van der Waals surface area contributed by atoms with Crippen LogP contribution >= 0.6 is 0 Å². The number of fused-ring (bicyclic) bond motifs is 1. The molecule has 1 unspecified atom stereocenters. The summed E-state index contributed by atoms with van der Waals surface area (Å²) in [4.78, 5) is 0. The van der Waals surface area contributed by atoms with Crippen LogP contribution in [0.25, 0.3) is 0 Å². The van der Waals surface area contributed by atoms with E-state index in [0.717, 1.165) is 24.9 Å². The molecule has 0 bridgehead atoms. The van der Waals surface area contributed by atoms with Gasteiger partial charge in [-0.3, -0.25) is 5.01 Å². The molecule has 1 aromatic carbocycles. The van der Waals surface area contributed by atoms with E-state index in [1.807, 2.05) is 23.2 Å². The van der Waals surface area contributed by atoms with E-state index in [0.29, 0.717) is 5.71 Å². The number of rotatable bonds is 3. The maximum atomic E-state index is 9.16. The lowest BCUT2D eigenvalue weighted by atomic mass is 9.96. The topological polar surface area (TPSA) is 39.4 Å². The normalized spacial score (nSPS) is 18.3. The van der Waals surface area contributed by atoms with Crippen LogP contribution in [-0.2, 0) is 0 Å². The van der Waals surface area contributed by atoms with Gasteiger partial charge in [0.05, 0.1) is 6.04 Å². The van der Waals surface area contributed by atoms with Crippen molar-refractivity contribution in [2.24, 2.45) is 5.10 Å². The molecule has 0 N–H and O–H groups in total. The zero-order valence-electron chi connectivity index (χ0n) is 10.3. The molecule has 0 aromatic heterocycles. The van der Waals surface area contributed by atoms with Gasteiger partial charge in [0.2, 0.25) is 0 Å². The quantitative estimate of drug-likeness (QED) is 0.796. The van der Waals surface area contributed by atoms with Gasteiger partial charge in [0.1, 0.15) is 6.07 Å². The van der Waals surface area contributed by atoms with E-state index in [4.69, 9.17) is 5.26 Å². The van der Waals surface area contributed by atoms with Crippen molar-refractivity contribution < 1.29 is 0 Å². The molecule has 1 aliphatic rings. The van der Waals surface area contributed by atoms with E-state index in [1.165, 1.54) is 5.56 Å². The second kappa shape index (κ2) is 5.01. The number of hydrogen-bond donors (Lipinski definition) is 0. The smallest absolute Gasteiger partial charge is 0.168 e. The minimum Gasteiger partial charge on any atom is -0.289 e. The summed E-state index contributed by atoms with van der Waals surface area (Å²) in [6.07, 6.45) is 2.25. The fraction of sp³-hybridized carbons (Fsp3) is 0.429. The molecule has 1 heterocycles. The van der Waals surface area contributed by atoms with E-state index < -0.39 is 0 Å². The first-order valence-electron chi connectivity index (χ1n) is 6.12. The van der Waals surface area contributed by atoms with Crippen LogP contribution in [0.5, 0.6) is 0 Å². The molecule has 1 atom stereocenters. The molecule has 0 radical (unpaired) electrons. The first-order valence-corrected chi connectivity index (χ1v) is 6.12. The minimum atomic E-state index is 0.259. The van der Waals surface area contributed by atoms with Crippen LogP contribution in [-0.4, -0.2) is 17.3 Å². The molecule has 1 aliphatic heterocycles. The summed E-state index contributed by atoms with van der Waals surface area (Å²) in [5, 5.41) is 15.6. The maximum Gasteiger partial charge on any atom is 0.168 e. The monoisotopic (exact) mass is 227 g/mol. The van der Waals surface area contributed by atoms with Gasteiger partial charge in [0.25, 0.3) is 0 Å². The summed E-state index contributed by atoms with van der Waals surface area (Å²) in [5.74, 6) is 0. The Labute approximate surface area is 102 Å². The summed E-state index contributed by atoms with van der Waals surface area (Å²) in [6.45, 7) is 5.22. The van der Waals surface area contributed by atoms with Crippen molar-refractivity contribution in [3.63, 3.8) is 0 Å². The summed E-state index contributed by atoms with van der Waals surface area (Å²) in [7, 11) is 0. The lowest BCUT2D eigenvalue weighted by Gasteiger charge is -2.32. The lowest BCUT2D eigenvalue weighted by Crippen LogP contribution is -2.29. The Bertz CT molecular complexity index is 471. The Morgan fingerprint density at radius 1 is 1.41 bits per heavy atom. The third-order valence-corrected chi connectivity index (χ3v) is 3.19. The van der Waals surface area contributed by atoms with Crippen LogP contribution in [0.2, 0.25) is 0 Å². The van der Waals surface area contributed by atoms with Gasteiger partial charge in [-0.25, -0.2) is 0 Å². The van der Waals surface area contributed by atoms with Gasteiger partial charge in [0, 0.05) is 12.1 Å². The van der Waals surface area contributed by atoms with Crippen LogP contribution < -0.4 is 0 Å². The van der Waals surface area contributed by atoms with Crippen molar-refractivity contribution >= 4 is 5.71 Å². The van der Waals surface area contributed by atoms with Gasteiger partial charge in [-0.1, -0.05) is 37.6 Å². The third-order valence-electron chi connectivity index (χ3n) is 3.19. The average Bonchev–Trinajstić information content (AvgIpc) is 2.38. The molecule has 2 rings (SSSR count). The third kappa shape index (κ3) is 2.16. The summed E-state index contributed by atoms with van der Waals surface area (Å²) in [5.41, 5.74) is 2.72.